The molecule has 0 unspecified atom stereocenters. The van der Waals surface area contributed by atoms with Gasteiger partial charge in [0.2, 0.25) is 5.91 Å². The number of carbonyl (C=O) groups is 1. The highest BCUT2D eigenvalue weighted by Gasteiger charge is 2.03. The molecular weight excluding hydrogens is 254 g/mol. The molecule has 0 saturated carbocycles. The predicted octanol–water partition coefficient (Wildman–Crippen LogP) is 2.38. The molecule has 0 aliphatic rings. The Morgan fingerprint density at radius 2 is 2.00 bits per heavy atom. The maximum atomic E-state index is 11.7. The third kappa shape index (κ3) is 4.28. The van der Waals surface area contributed by atoms with Crippen molar-refractivity contribution in [1.29, 1.82) is 0 Å². The van der Waals surface area contributed by atoms with Crippen LogP contribution in [0.25, 0.3) is 0 Å². The van der Waals surface area contributed by atoms with Crippen molar-refractivity contribution < 1.29 is 9.53 Å². The first kappa shape index (κ1) is 13.9. The Hall–Kier alpha value is -2.56. The maximum Gasteiger partial charge on any atom is 0.228 e. The van der Waals surface area contributed by atoms with Crippen LogP contribution in [-0.4, -0.2) is 17.5 Å². The Kier molecular flexibility index (Phi) is 4.55. The zero-order chi connectivity index (χ0) is 14.4. The van der Waals surface area contributed by atoms with E-state index >= 15 is 0 Å². The molecule has 3 N–H and O–H groups in total. The first-order chi connectivity index (χ1) is 9.63. The van der Waals surface area contributed by atoms with Gasteiger partial charge in [0.15, 0.2) is 0 Å². The minimum Gasteiger partial charge on any atom is -0.493 e. The van der Waals surface area contributed by atoms with Crippen LogP contribution in [0.4, 0.5) is 11.5 Å². The zero-order valence-electron chi connectivity index (χ0n) is 11.3. The Morgan fingerprint density at radius 3 is 2.65 bits per heavy atom. The second kappa shape index (κ2) is 6.56. The lowest BCUT2D eigenvalue weighted by Gasteiger charge is -2.07. The van der Waals surface area contributed by atoms with Crippen LogP contribution >= 0.6 is 0 Å². The number of anilines is 2. The van der Waals surface area contributed by atoms with Crippen LogP contribution in [0, 0.1) is 6.92 Å². The van der Waals surface area contributed by atoms with E-state index in [0.29, 0.717) is 23.9 Å². The van der Waals surface area contributed by atoms with E-state index in [2.05, 4.69) is 10.3 Å². The van der Waals surface area contributed by atoms with Crippen LogP contribution in [0.1, 0.15) is 12.0 Å². The highest BCUT2D eigenvalue weighted by Crippen LogP contribution is 2.13. The Labute approximate surface area is 117 Å². The largest absolute Gasteiger partial charge is 0.493 e. The molecule has 0 saturated heterocycles. The number of nitrogens with zero attached hydrogens (tertiary/aromatic N) is 1. The summed E-state index contributed by atoms with van der Waals surface area (Å²) in [6.45, 7) is 2.25. The fraction of sp³-hybridized carbons (Fsp3) is 0.200. The number of pyridine rings is 1. The lowest BCUT2D eigenvalue weighted by atomic mass is 10.3. The van der Waals surface area contributed by atoms with Gasteiger partial charge in [-0.15, -0.1) is 0 Å². The highest BCUT2D eigenvalue weighted by atomic mass is 16.5. The summed E-state index contributed by atoms with van der Waals surface area (Å²) in [4.78, 5) is 15.8. The van der Waals surface area contributed by atoms with Crippen molar-refractivity contribution in [1.82, 2.24) is 4.98 Å². The Bertz CT molecular complexity index is 565. The summed E-state index contributed by atoms with van der Waals surface area (Å²) < 4.78 is 5.45. The minimum absolute atomic E-state index is 0.128. The maximum absolute atomic E-state index is 11.7. The lowest BCUT2D eigenvalue weighted by molar-refractivity contribution is -0.116. The standard InChI is InChI=1S/C15H17N3O2/c1-11-2-7-14(17-10-11)18-15(19)8-9-20-13-5-3-12(16)4-6-13/h2-7,10H,8-9,16H2,1H3,(H,17,18,19). The third-order valence-corrected chi connectivity index (χ3v) is 2.66. The summed E-state index contributed by atoms with van der Waals surface area (Å²) in [6.07, 6.45) is 1.97. The summed E-state index contributed by atoms with van der Waals surface area (Å²) in [7, 11) is 0. The minimum atomic E-state index is -0.128. The molecule has 1 aromatic carbocycles. The number of benzene rings is 1. The summed E-state index contributed by atoms with van der Waals surface area (Å²) >= 11 is 0. The van der Waals surface area contributed by atoms with E-state index in [1.54, 1.807) is 36.5 Å². The molecule has 0 spiro atoms. The molecule has 0 aliphatic heterocycles. The van der Waals surface area contributed by atoms with Gasteiger partial charge in [-0.05, 0) is 42.8 Å². The van der Waals surface area contributed by atoms with Gasteiger partial charge in [-0.1, -0.05) is 6.07 Å². The lowest BCUT2D eigenvalue weighted by Crippen LogP contribution is -2.15. The van der Waals surface area contributed by atoms with Crippen molar-refractivity contribution in [2.24, 2.45) is 0 Å². The van der Waals surface area contributed by atoms with Crippen LogP contribution in [-0.2, 0) is 4.79 Å². The molecular formula is C15H17N3O2. The van der Waals surface area contributed by atoms with Crippen molar-refractivity contribution in [3.63, 3.8) is 0 Å². The number of amides is 1. The fourth-order valence-corrected chi connectivity index (χ4v) is 1.57. The molecule has 0 radical (unpaired) electrons. The molecule has 1 aromatic heterocycles. The number of ether oxygens (including phenoxy) is 1. The number of nitrogens with two attached hydrogens (primary N) is 1. The van der Waals surface area contributed by atoms with Crippen molar-refractivity contribution in [3.05, 3.63) is 48.2 Å². The molecule has 0 atom stereocenters. The van der Waals surface area contributed by atoms with Gasteiger partial charge in [0, 0.05) is 11.9 Å². The quantitative estimate of drug-likeness (QED) is 0.818. The summed E-state index contributed by atoms with van der Waals surface area (Å²) in [6, 6.07) is 10.7. The van der Waals surface area contributed by atoms with Gasteiger partial charge in [-0.25, -0.2) is 4.98 Å². The van der Waals surface area contributed by atoms with Gasteiger partial charge in [0.1, 0.15) is 11.6 Å². The second-order valence-corrected chi connectivity index (χ2v) is 4.44. The molecule has 20 heavy (non-hydrogen) atoms. The van der Waals surface area contributed by atoms with Crippen LogP contribution in [0.2, 0.25) is 0 Å². The smallest absolute Gasteiger partial charge is 0.228 e. The molecule has 1 heterocycles. The van der Waals surface area contributed by atoms with E-state index in [4.69, 9.17) is 10.5 Å². The van der Waals surface area contributed by atoms with E-state index in [1.165, 1.54) is 0 Å². The molecule has 0 bridgehead atoms. The first-order valence-corrected chi connectivity index (χ1v) is 6.34. The van der Waals surface area contributed by atoms with E-state index in [9.17, 15) is 4.79 Å². The van der Waals surface area contributed by atoms with E-state index in [1.807, 2.05) is 13.0 Å². The topological polar surface area (TPSA) is 77.2 Å². The number of aromatic nitrogens is 1. The summed E-state index contributed by atoms with van der Waals surface area (Å²) in [5.74, 6) is 1.12. The van der Waals surface area contributed by atoms with Crippen LogP contribution < -0.4 is 15.8 Å². The number of hydrogen-bond acceptors (Lipinski definition) is 4. The van der Waals surface area contributed by atoms with Crippen molar-refractivity contribution in [2.45, 2.75) is 13.3 Å². The number of nitrogens with one attached hydrogen (secondary N) is 1. The number of nitrogen functional groups attached to an aromatic ring is 1. The van der Waals surface area contributed by atoms with Gasteiger partial charge in [0.25, 0.3) is 0 Å². The SMILES string of the molecule is Cc1ccc(NC(=O)CCOc2ccc(N)cc2)nc1. The van der Waals surface area contributed by atoms with Crippen LogP contribution in [0.5, 0.6) is 5.75 Å². The molecule has 5 heteroatoms. The van der Waals surface area contributed by atoms with Gasteiger partial charge in [-0.2, -0.15) is 0 Å². The molecule has 2 rings (SSSR count). The van der Waals surface area contributed by atoms with Gasteiger partial charge in [-0.3, -0.25) is 4.79 Å². The predicted molar refractivity (Wildman–Crippen MR) is 78.6 cm³/mol. The molecule has 5 nitrogen and oxygen atoms in total. The molecule has 2 aromatic rings. The van der Waals surface area contributed by atoms with Gasteiger partial charge >= 0.3 is 0 Å². The Balaban J connectivity index is 1.75. The average Bonchev–Trinajstić information content (AvgIpc) is 2.44. The summed E-state index contributed by atoms with van der Waals surface area (Å²) in [5, 5.41) is 2.71. The molecule has 0 aliphatic carbocycles. The molecule has 1 amide bonds. The zero-order valence-corrected chi connectivity index (χ0v) is 11.3. The second-order valence-electron chi connectivity index (χ2n) is 4.44. The Morgan fingerprint density at radius 1 is 1.25 bits per heavy atom. The number of carbonyl (C=O) groups excluding carboxylic acids is 1. The molecule has 0 fully saturated rings. The fourth-order valence-electron chi connectivity index (χ4n) is 1.57. The van der Waals surface area contributed by atoms with E-state index < -0.39 is 0 Å². The van der Waals surface area contributed by atoms with Gasteiger partial charge < -0.3 is 15.8 Å². The average molecular weight is 271 g/mol. The van der Waals surface area contributed by atoms with Gasteiger partial charge in [0.05, 0.1) is 13.0 Å². The van der Waals surface area contributed by atoms with E-state index in [-0.39, 0.29) is 12.3 Å². The number of aryl methyl sites for hydroxylation is 1. The highest BCUT2D eigenvalue weighted by molar-refractivity contribution is 5.89. The summed E-state index contributed by atoms with van der Waals surface area (Å²) in [5.41, 5.74) is 7.31. The third-order valence-electron chi connectivity index (χ3n) is 2.66. The monoisotopic (exact) mass is 271 g/mol. The van der Waals surface area contributed by atoms with Crippen molar-refractivity contribution >= 4 is 17.4 Å². The van der Waals surface area contributed by atoms with Crippen molar-refractivity contribution in [3.8, 4) is 5.75 Å². The van der Waals surface area contributed by atoms with Crippen molar-refractivity contribution in [2.75, 3.05) is 17.7 Å². The van der Waals surface area contributed by atoms with Crippen LogP contribution in [0.15, 0.2) is 42.6 Å². The molecule has 104 valence electrons. The number of hydrogen-bond donors (Lipinski definition) is 2. The number of rotatable bonds is 5. The van der Waals surface area contributed by atoms with Crippen LogP contribution in [0.3, 0.4) is 0 Å². The van der Waals surface area contributed by atoms with E-state index in [0.717, 1.165) is 5.56 Å². The normalized spacial score (nSPS) is 10.1. The first-order valence-electron chi connectivity index (χ1n) is 6.34.